The van der Waals surface area contributed by atoms with Crippen molar-refractivity contribution < 1.29 is 20.4 Å². The fourth-order valence-corrected chi connectivity index (χ4v) is 0.685. The summed E-state index contributed by atoms with van der Waals surface area (Å²) in [5.74, 6) is -2.83. The standard InChI is InChI=1S/C7H8O4/c8-6-3-1-5(2-4-6)7(9,10)11/h1-4,8-11H. The van der Waals surface area contributed by atoms with Crippen molar-refractivity contribution >= 4 is 0 Å². The highest BCUT2D eigenvalue weighted by Gasteiger charge is 2.20. The highest BCUT2D eigenvalue weighted by Crippen LogP contribution is 2.17. The molecule has 1 aromatic carbocycles. The van der Waals surface area contributed by atoms with Crippen LogP contribution in [-0.2, 0) is 5.97 Å². The van der Waals surface area contributed by atoms with Crippen LogP contribution in [0.3, 0.4) is 0 Å². The van der Waals surface area contributed by atoms with E-state index < -0.39 is 5.97 Å². The van der Waals surface area contributed by atoms with E-state index in [4.69, 9.17) is 20.4 Å². The van der Waals surface area contributed by atoms with Crippen LogP contribution < -0.4 is 0 Å². The van der Waals surface area contributed by atoms with Crippen LogP contribution in [0.15, 0.2) is 24.3 Å². The minimum Gasteiger partial charge on any atom is -0.508 e. The van der Waals surface area contributed by atoms with E-state index in [2.05, 4.69) is 0 Å². The summed E-state index contributed by atoms with van der Waals surface area (Å²) in [6, 6.07) is 4.89. The van der Waals surface area contributed by atoms with Gasteiger partial charge in [-0.1, -0.05) is 0 Å². The van der Waals surface area contributed by atoms with Crippen LogP contribution in [0.2, 0.25) is 0 Å². The molecule has 0 spiro atoms. The zero-order chi connectivity index (χ0) is 8.48. The minimum absolute atomic E-state index is 0.00185. The summed E-state index contributed by atoms with van der Waals surface area (Å²) in [6.07, 6.45) is 0. The summed E-state index contributed by atoms with van der Waals surface area (Å²) in [5.41, 5.74) is -0.0877. The number of aromatic hydroxyl groups is 1. The molecule has 0 radical (unpaired) electrons. The van der Waals surface area contributed by atoms with Gasteiger partial charge >= 0.3 is 5.97 Å². The summed E-state index contributed by atoms with van der Waals surface area (Å²) in [7, 11) is 0. The van der Waals surface area contributed by atoms with Crippen molar-refractivity contribution in [3.63, 3.8) is 0 Å². The first-order valence-corrected chi connectivity index (χ1v) is 2.97. The number of aliphatic hydroxyl groups is 3. The van der Waals surface area contributed by atoms with Crippen molar-refractivity contribution in [2.45, 2.75) is 5.97 Å². The molecule has 4 heteroatoms. The van der Waals surface area contributed by atoms with E-state index in [1.807, 2.05) is 0 Å². The average molecular weight is 156 g/mol. The normalized spacial score (nSPS) is 11.5. The number of hydrogen-bond donors (Lipinski definition) is 4. The number of phenolic OH excluding ortho intramolecular Hbond substituents is 1. The molecule has 0 saturated heterocycles. The van der Waals surface area contributed by atoms with Crippen LogP contribution in [-0.4, -0.2) is 20.4 Å². The Balaban J connectivity index is 2.99. The molecule has 0 atom stereocenters. The van der Waals surface area contributed by atoms with Crippen LogP contribution in [0.1, 0.15) is 5.56 Å². The molecule has 4 N–H and O–H groups in total. The molecule has 0 bridgehead atoms. The Kier molecular flexibility index (Phi) is 1.82. The Bertz CT molecular complexity index is 234. The first-order valence-electron chi connectivity index (χ1n) is 2.97. The third-order valence-electron chi connectivity index (χ3n) is 1.25. The van der Waals surface area contributed by atoms with Gasteiger partial charge in [-0.05, 0) is 24.3 Å². The first kappa shape index (κ1) is 8.00. The van der Waals surface area contributed by atoms with E-state index in [-0.39, 0.29) is 11.3 Å². The molecule has 0 amide bonds. The molecular weight excluding hydrogens is 148 g/mol. The van der Waals surface area contributed by atoms with Gasteiger partial charge in [0.1, 0.15) is 5.75 Å². The van der Waals surface area contributed by atoms with Gasteiger partial charge in [0.05, 0.1) is 0 Å². The molecule has 0 aliphatic rings. The molecule has 1 rings (SSSR count). The lowest BCUT2D eigenvalue weighted by molar-refractivity contribution is -0.323. The maximum atomic E-state index is 8.78. The molecule has 0 heterocycles. The Hall–Kier alpha value is -1.10. The fourth-order valence-electron chi connectivity index (χ4n) is 0.685. The van der Waals surface area contributed by atoms with Crippen molar-refractivity contribution in [2.24, 2.45) is 0 Å². The van der Waals surface area contributed by atoms with Crippen LogP contribution in [0.25, 0.3) is 0 Å². The van der Waals surface area contributed by atoms with Crippen LogP contribution in [0.4, 0.5) is 0 Å². The Morgan fingerprint density at radius 3 is 1.73 bits per heavy atom. The quantitative estimate of drug-likeness (QED) is 0.412. The Labute approximate surface area is 63.0 Å². The topological polar surface area (TPSA) is 80.9 Å². The predicted octanol–water partition coefficient (Wildman–Crippen LogP) is -0.521. The van der Waals surface area contributed by atoms with E-state index in [9.17, 15) is 0 Å². The molecule has 0 aliphatic carbocycles. The number of hydrogen-bond acceptors (Lipinski definition) is 4. The number of benzene rings is 1. The third kappa shape index (κ3) is 1.91. The molecule has 0 saturated carbocycles. The minimum atomic E-state index is -2.83. The molecule has 60 valence electrons. The zero-order valence-electron chi connectivity index (χ0n) is 5.60. The monoisotopic (exact) mass is 156 g/mol. The van der Waals surface area contributed by atoms with E-state index in [1.165, 1.54) is 24.3 Å². The van der Waals surface area contributed by atoms with Gasteiger partial charge < -0.3 is 20.4 Å². The molecule has 0 fully saturated rings. The second-order valence-electron chi connectivity index (χ2n) is 2.18. The maximum absolute atomic E-state index is 8.78. The second-order valence-corrected chi connectivity index (χ2v) is 2.18. The summed E-state index contributed by atoms with van der Waals surface area (Å²) in [6.45, 7) is 0. The van der Waals surface area contributed by atoms with E-state index >= 15 is 0 Å². The molecule has 4 nitrogen and oxygen atoms in total. The van der Waals surface area contributed by atoms with Crippen molar-refractivity contribution in [1.29, 1.82) is 0 Å². The van der Waals surface area contributed by atoms with Crippen LogP contribution in [0.5, 0.6) is 5.75 Å². The molecular formula is C7H8O4. The van der Waals surface area contributed by atoms with Gasteiger partial charge in [-0.2, -0.15) is 0 Å². The average Bonchev–Trinajstić information content (AvgIpc) is 1.86. The van der Waals surface area contributed by atoms with E-state index in [0.717, 1.165) is 0 Å². The lowest BCUT2D eigenvalue weighted by Gasteiger charge is -2.13. The first-order chi connectivity index (χ1) is 5.00. The summed E-state index contributed by atoms with van der Waals surface area (Å²) in [4.78, 5) is 0. The molecule has 0 aliphatic heterocycles. The van der Waals surface area contributed by atoms with E-state index in [0.29, 0.717) is 0 Å². The van der Waals surface area contributed by atoms with Gasteiger partial charge in [0, 0.05) is 5.56 Å². The van der Waals surface area contributed by atoms with Crippen LogP contribution >= 0.6 is 0 Å². The molecule has 11 heavy (non-hydrogen) atoms. The highest BCUT2D eigenvalue weighted by atomic mass is 16.7. The fraction of sp³-hybridized carbons (Fsp3) is 0.143. The molecule has 1 aromatic rings. The SMILES string of the molecule is Oc1ccc(C(O)(O)O)cc1. The summed E-state index contributed by atoms with van der Waals surface area (Å²) >= 11 is 0. The van der Waals surface area contributed by atoms with E-state index in [1.54, 1.807) is 0 Å². The lowest BCUT2D eigenvalue weighted by atomic mass is 10.2. The third-order valence-corrected chi connectivity index (χ3v) is 1.25. The molecule has 0 unspecified atom stereocenters. The zero-order valence-corrected chi connectivity index (χ0v) is 5.60. The smallest absolute Gasteiger partial charge is 0.304 e. The largest absolute Gasteiger partial charge is 0.508 e. The predicted molar refractivity (Wildman–Crippen MR) is 36.4 cm³/mol. The number of rotatable bonds is 1. The van der Waals surface area contributed by atoms with Gasteiger partial charge in [-0.15, -0.1) is 0 Å². The summed E-state index contributed by atoms with van der Waals surface area (Å²) < 4.78 is 0. The van der Waals surface area contributed by atoms with Gasteiger partial charge in [-0.25, -0.2) is 0 Å². The Morgan fingerprint density at radius 2 is 1.36 bits per heavy atom. The van der Waals surface area contributed by atoms with Gasteiger partial charge in [0.15, 0.2) is 0 Å². The van der Waals surface area contributed by atoms with Crippen LogP contribution in [0, 0.1) is 0 Å². The highest BCUT2D eigenvalue weighted by molar-refractivity contribution is 5.27. The van der Waals surface area contributed by atoms with Gasteiger partial charge in [-0.3, -0.25) is 0 Å². The summed E-state index contributed by atoms with van der Waals surface area (Å²) in [5, 5.41) is 34.6. The Morgan fingerprint density at radius 1 is 0.909 bits per heavy atom. The van der Waals surface area contributed by atoms with Gasteiger partial charge in [0.25, 0.3) is 0 Å². The van der Waals surface area contributed by atoms with Crippen molar-refractivity contribution in [3.05, 3.63) is 29.8 Å². The second kappa shape index (κ2) is 2.50. The maximum Gasteiger partial charge on any atom is 0.304 e. The lowest BCUT2D eigenvalue weighted by Crippen LogP contribution is -2.23. The number of phenols is 1. The van der Waals surface area contributed by atoms with Gasteiger partial charge in [0.2, 0.25) is 0 Å². The molecule has 0 aromatic heterocycles. The van der Waals surface area contributed by atoms with Crippen molar-refractivity contribution in [3.8, 4) is 5.75 Å². The van der Waals surface area contributed by atoms with Crippen molar-refractivity contribution in [1.82, 2.24) is 0 Å². The van der Waals surface area contributed by atoms with Crippen molar-refractivity contribution in [2.75, 3.05) is 0 Å².